The number of hydrogen-bond donors (Lipinski definition) is 2. The molecule has 6 heteroatoms. The lowest BCUT2D eigenvalue weighted by Gasteiger charge is -2.27. The van der Waals surface area contributed by atoms with Gasteiger partial charge >= 0.3 is 5.97 Å². The number of aromatic nitrogens is 2. The Morgan fingerprint density at radius 3 is 3.27 bits per heavy atom. The number of carboxylic acids is 1. The largest absolute Gasteiger partial charge is 0.478 e. The first-order valence-corrected chi connectivity index (χ1v) is 8.05. The number of nitrogens with zero attached hydrogens (tertiary/aromatic N) is 2. The molecule has 4 heterocycles. The molecule has 1 aliphatic heterocycles. The summed E-state index contributed by atoms with van der Waals surface area (Å²) in [6.07, 6.45) is 4.61. The van der Waals surface area contributed by atoms with E-state index in [0.29, 0.717) is 5.56 Å². The zero-order chi connectivity index (χ0) is 15.1. The zero-order valence-corrected chi connectivity index (χ0v) is 12.7. The Morgan fingerprint density at radius 1 is 1.50 bits per heavy atom. The summed E-state index contributed by atoms with van der Waals surface area (Å²) in [6.45, 7) is 2.54. The lowest BCUT2D eigenvalue weighted by Crippen LogP contribution is -2.29. The molecule has 0 fully saturated rings. The van der Waals surface area contributed by atoms with Crippen molar-refractivity contribution < 1.29 is 9.90 Å². The van der Waals surface area contributed by atoms with E-state index >= 15 is 0 Å². The summed E-state index contributed by atoms with van der Waals surface area (Å²) < 4.78 is 0. The number of thiophene rings is 1. The number of hydrogen-bond acceptors (Lipinski definition) is 4. The van der Waals surface area contributed by atoms with Crippen molar-refractivity contribution in [2.75, 3.05) is 6.54 Å². The third-order valence-electron chi connectivity index (χ3n) is 4.12. The van der Waals surface area contributed by atoms with Gasteiger partial charge < -0.3 is 10.1 Å². The average molecular weight is 313 g/mol. The maximum Gasteiger partial charge on any atom is 0.336 e. The van der Waals surface area contributed by atoms with Crippen LogP contribution in [0.15, 0.2) is 29.9 Å². The molecule has 4 rings (SSSR count). The van der Waals surface area contributed by atoms with Crippen LogP contribution in [-0.4, -0.2) is 32.5 Å². The van der Waals surface area contributed by atoms with Gasteiger partial charge in [0.2, 0.25) is 0 Å². The maximum atomic E-state index is 11.2. The molecule has 22 heavy (non-hydrogen) atoms. The third-order valence-corrected chi connectivity index (χ3v) is 5.13. The standard InChI is InChI=1S/C16H15N3O2S/c20-16(21)13-9-22-14-8-19(4-2-12(13)14)7-10-5-11-1-3-17-15(11)18-6-10/h1,3,5-6,9H,2,4,7-8H2,(H,17,18)(H,20,21). The van der Waals surface area contributed by atoms with Crippen LogP contribution in [0.1, 0.15) is 26.4 Å². The summed E-state index contributed by atoms with van der Waals surface area (Å²) in [5.41, 5.74) is 3.60. The maximum absolute atomic E-state index is 11.2. The second-order valence-electron chi connectivity index (χ2n) is 5.58. The van der Waals surface area contributed by atoms with Crippen LogP contribution in [-0.2, 0) is 19.5 Å². The molecule has 1 aliphatic rings. The molecule has 0 saturated carbocycles. The lowest BCUT2D eigenvalue weighted by atomic mass is 10.0. The second-order valence-corrected chi connectivity index (χ2v) is 6.54. The summed E-state index contributed by atoms with van der Waals surface area (Å²) >= 11 is 1.56. The second kappa shape index (κ2) is 5.23. The monoisotopic (exact) mass is 313 g/mol. The van der Waals surface area contributed by atoms with Gasteiger partial charge in [0, 0.05) is 47.7 Å². The Labute approximate surface area is 131 Å². The van der Waals surface area contributed by atoms with E-state index in [0.717, 1.165) is 42.7 Å². The van der Waals surface area contributed by atoms with Gasteiger partial charge in [-0.3, -0.25) is 4.90 Å². The molecule has 0 spiro atoms. The highest BCUT2D eigenvalue weighted by atomic mass is 32.1. The Kier molecular flexibility index (Phi) is 3.20. The topological polar surface area (TPSA) is 69.2 Å². The van der Waals surface area contributed by atoms with Gasteiger partial charge in [-0.25, -0.2) is 9.78 Å². The molecule has 112 valence electrons. The van der Waals surface area contributed by atoms with Gasteiger partial charge in [0.05, 0.1) is 5.56 Å². The third kappa shape index (κ3) is 2.30. The highest BCUT2D eigenvalue weighted by Gasteiger charge is 2.23. The Balaban J connectivity index is 1.53. The molecule has 2 N–H and O–H groups in total. The van der Waals surface area contributed by atoms with Crippen LogP contribution in [0, 0.1) is 0 Å². The minimum absolute atomic E-state index is 0.482. The van der Waals surface area contributed by atoms with Gasteiger partial charge in [0.15, 0.2) is 0 Å². The highest BCUT2D eigenvalue weighted by molar-refractivity contribution is 7.10. The zero-order valence-electron chi connectivity index (χ0n) is 11.9. The number of aromatic amines is 1. The Morgan fingerprint density at radius 2 is 2.41 bits per heavy atom. The molecule has 0 amide bonds. The quantitative estimate of drug-likeness (QED) is 0.780. The first-order valence-electron chi connectivity index (χ1n) is 7.17. The van der Waals surface area contributed by atoms with E-state index in [-0.39, 0.29) is 0 Å². The van der Waals surface area contributed by atoms with Crippen molar-refractivity contribution >= 4 is 28.3 Å². The Bertz CT molecular complexity index is 852. The molecule has 0 radical (unpaired) electrons. The summed E-state index contributed by atoms with van der Waals surface area (Å²) in [5.74, 6) is -0.812. The van der Waals surface area contributed by atoms with Gasteiger partial charge in [-0.1, -0.05) is 0 Å². The number of nitrogens with one attached hydrogen (secondary N) is 1. The van der Waals surface area contributed by atoms with Crippen molar-refractivity contribution in [1.82, 2.24) is 14.9 Å². The number of pyridine rings is 1. The van der Waals surface area contributed by atoms with E-state index in [1.54, 1.807) is 16.7 Å². The van der Waals surface area contributed by atoms with Crippen molar-refractivity contribution in [3.8, 4) is 0 Å². The first-order chi connectivity index (χ1) is 10.7. The van der Waals surface area contributed by atoms with Crippen molar-refractivity contribution in [2.24, 2.45) is 0 Å². The minimum Gasteiger partial charge on any atom is -0.478 e. The molecular formula is C16H15N3O2S. The molecule has 0 unspecified atom stereocenters. The fourth-order valence-corrected chi connectivity index (χ4v) is 4.14. The summed E-state index contributed by atoms with van der Waals surface area (Å²) in [5, 5.41) is 12.1. The number of carbonyl (C=O) groups is 1. The average Bonchev–Trinajstić information content (AvgIpc) is 3.12. The molecule has 3 aromatic rings. The predicted octanol–water partition coefficient (Wildman–Crippen LogP) is 2.88. The summed E-state index contributed by atoms with van der Waals surface area (Å²) in [7, 11) is 0. The van der Waals surface area contributed by atoms with Crippen molar-refractivity contribution in [3.63, 3.8) is 0 Å². The molecule has 0 atom stereocenters. The SMILES string of the molecule is O=C(O)c1csc2c1CCN(Cc1cnc3[nH]ccc3c1)C2. The number of carboxylic acid groups (broad SMARTS) is 1. The van der Waals surface area contributed by atoms with E-state index in [9.17, 15) is 9.90 Å². The lowest BCUT2D eigenvalue weighted by molar-refractivity contribution is 0.0695. The first kappa shape index (κ1) is 13.5. The van der Waals surface area contributed by atoms with Crippen LogP contribution in [0.5, 0.6) is 0 Å². The van der Waals surface area contributed by atoms with Crippen LogP contribution in [0.25, 0.3) is 11.0 Å². The molecule has 0 saturated heterocycles. The molecule has 3 aromatic heterocycles. The van der Waals surface area contributed by atoms with Gasteiger partial charge in [0.25, 0.3) is 0 Å². The van der Waals surface area contributed by atoms with E-state index in [2.05, 4.69) is 20.9 Å². The van der Waals surface area contributed by atoms with Crippen LogP contribution in [0.2, 0.25) is 0 Å². The summed E-state index contributed by atoms with van der Waals surface area (Å²) in [6, 6.07) is 4.18. The minimum atomic E-state index is -0.812. The molecule has 0 aromatic carbocycles. The number of aromatic carboxylic acids is 1. The number of H-pyrrole nitrogens is 1. The smallest absolute Gasteiger partial charge is 0.336 e. The van der Waals surface area contributed by atoms with Gasteiger partial charge in [-0.15, -0.1) is 11.3 Å². The molecule has 0 aliphatic carbocycles. The van der Waals surface area contributed by atoms with Crippen LogP contribution in [0.3, 0.4) is 0 Å². The van der Waals surface area contributed by atoms with Crippen LogP contribution >= 0.6 is 11.3 Å². The summed E-state index contributed by atoms with van der Waals surface area (Å²) in [4.78, 5) is 22.2. The van der Waals surface area contributed by atoms with Gasteiger partial charge in [-0.2, -0.15) is 0 Å². The predicted molar refractivity (Wildman–Crippen MR) is 85.2 cm³/mol. The van der Waals surface area contributed by atoms with Gasteiger partial charge in [0.1, 0.15) is 5.65 Å². The molecule has 5 nitrogen and oxygen atoms in total. The number of rotatable bonds is 3. The van der Waals surface area contributed by atoms with Crippen molar-refractivity contribution in [1.29, 1.82) is 0 Å². The van der Waals surface area contributed by atoms with E-state index in [1.165, 1.54) is 10.4 Å². The van der Waals surface area contributed by atoms with Crippen molar-refractivity contribution in [2.45, 2.75) is 19.5 Å². The van der Waals surface area contributed by atoms with Crippen molar-refractivity contribution in [3.05, 3.63) is 51.5 Å². The highest BCUT2D eigenvalue weighted by Crippen LogP contribution is 2.29. The molecular weight excluding hydrogens is 298 g/mol. The van der Waals surface area contributed by atoms with Crippen LogP contribution in [0.4, 0.5) is 0 Å². The van der Waals surface area contributed by atoms with Crippen LogP contribution < -0.4 is 0 Å². The number of fused-ring (bicyclic) bond motifs is 2. The van der Waals surface area contributed by atoms with E-state index < -0.39 is 5.97 Å². The fourth-order valence-electron chi connectivity index (χ4n) is 3.03. The van der Waals surface area contributed by atoms with Gasteiger partial charge in [-0.05, 0) is 29.7 Å². The molecule has 0 bridgehead atoms. The Hall–Kier alpha value is -2.18. The fraction of sp³-hybridized carbons (Fsp3) is 0.250. The van der Waals surface area contributed by atoms with E-state index in [1.807, 2.05) is 18.5 Å². The van der Waals surface area contributed by atoms with E-state index in [4.69, 9.17) is 0 Å². The normalized spacial score (nSPS) is 15.1.